The van der Waals surface area contributed by atoms with Gasteiger partial charge >= 0.3 is 0 Å². The number of aryl methyl sites for hydroxylation is 1. The molecule has 1 unspecified atom stereocenters. The molecule has 0 bridgehead atoms. The lowest BCUT2D eigenvalue weighted by Crippen LogP contribution is -2.33. The van der Waals surface area contributed by atoms with Crippen LogP contribution in [-0.2, 0) is 5.54 Å². The molecule has 2 heterocycles. The summed E-state index contributed by atoms with van der Waals surface area (Å²) in [7, 11) is 1.71. The van der Waals surface area contributed by atoms with E-state index in [1.807, 2.05) is 6.07 Å². The van der Waals surface area contributed by atoms with E-state index in [1.165, 1.54) is 29.5 Å². The fourth-order valence-corrected chi connectivity index (χ4v) is 3.26. The van der Waals surface area contributed by atoms with Crippen LogP contribution in [0, 0.1) is 6.92 Å². The SMILES string of the molecule is COc1ccc2c(C3(C)CCCN3)c(C)[nH]c2c1. The van der Waals surface area contributed by atoms with E-state index in [0.29, 0.717) is 0 Å². The van der Waals surface area contributed by atoms with Crippen LogP contribution in [0.25, 0.3) is 10.9 Å². The Balaban J connectivity index is 2.20. The molecular weight excluding hydrogens is 224 g/mol. The van der Waals surface area contributed by atoms with Gasteiger partial charge in [0.15, 0.2) is 0 Å². The summed E-state index contributed by atoms with van der Waals surface area (Å²) in [5, 5.41) is 4.96. The monoisotopic (exact) mass is 244 g/mol. The molecule has 0 saturated carbocycles. The first kappa shape index (κ1) is 11.6. The third-order valence-electron chi connectivity index (χ3n) is 4.11. The van der Waals surface area contributed by atoms with Crippen LogP contribution in [0.3, 0.4) is 0 Å². The second-order valence-electron chi connectivity index (χ2n) is 5.40. The van der Waals surface area contributed by atoms with Crippen LogP contribution in [0.5, 0.6) is 5.75 Å². The van der Waals surface area contributed by atoms with Crippen LogP contribution in [0.1, 0.15) is 31.0 Å². The van der Waals surface area contributed by atoms with Gasteiger partial charge < -0.3 is 15.0 Å². The fourth-order valence-electron chi connectivity index (χ4n) is 3.26. The number of nitrogens with one attached hydrogen (secondary N) is 2. The molecule has 0 radical (unpaired) electrons. The van der Waals surface area contributed by atoms with Gasteiger partial charge in [0.1, 0.15) is 5.75 Å². The molecule has 0 amide bonds. The lowest BCUT2D eigenvalue weighted by molar-refractivity contribution is 0.415. The third-order valence-corrected chi connectivity index (χ3v) is 4.11. The Morgan fingerprint density at radius 1 is 1.33 bits per heavy atom. The molecule has 3 rings (SSSR count). The molecule has 1 aromatic carbocycles. The number of aromatic nitrogens is 1. The molecule has 1 fully saturated rings. The van der Waals surface area contributed by atoms with Crippen molar-refractivity contribution in [3.05, 3.63) is 29.5 Å². The molecular formula is C15H20N2O. The van der Waals surface area contributed by atoms with E-state index >= 15 is 0 Å². The van der Waals surface area contributed by atoms with Crippen LogP contribution in [-0.4, -0.2) is 18.6 Å². The molecule has 1 aliphatic rings. The molecule has 3 nitrogen and oxygen atoms in total. The second-order valence-corrected chi connectivity index (χ2v) is 5.40. The molecule has 1 aromatic heterocycles. The average Bonchev–Trinajstić information content (AvgIpc) is 2.91. The summed E-state index contributed by atoms with van der Waals surface area (Å²) in [6.07, 6.45) is 2.45. The maximum Gasteiger partial charge on any atom is 0.120 e. The Kier molecular flexibility index (Phi) is 2.59. The van der Waals surface area contributed by atoms with E-state index in [1.54, 1.807) is 7.11 Å². The topological polar surface area (TPSA) is 37.0 Å². The van der Waals surface area contributed by atoms with Crippen molar-refractivity contribution in [3.63, 3.8) is 0 Å². The molecule has 1 aliphatic heterocycles. The highest BCUT2D eigenvalue weighted by Crippen LogP contribution is 2.38. The number of hydrogen-bond acceptors (Lipinski definition) is 2. The van der Waals surface area contributed by atoms with Gasteiger partial charge in [0, 0.05) is 33.8 Å². The van der Waals surface area contributed by atoms with Gasteiger partial charge in [-0.15, -0.1) is 0 Å². The Labute approximate surface area is 108 Å². The molecule has 2 aromatic rings. The lowest BCUT2D eigenvalue weighted by Gasteiger charge is -2.25. The minimum absolute atomic E-state index is 0.108. The Bertz CT molecular complexity index is 579. The molecule has 0 aliphatic carbocycles. The zero-order valence-corrected chi connectivity index (χ0v) is 11.3. The van der Waals surface area contributed by atoms with E-state index in [4.69, 9.17) is 4.74 Å². The van der Waals surface area contributed by atoms with Gasteiger partial charge in [0.25, 0.3) is 0 Å². The Hall–Kier alpha value is -1.48. The first-order valence-corrected chi connectivity index (χ1v) is 6.56. The van der Waals surface area contributed by atoms with Crippen LogP contribution >= 0.6 is 0 Å². The summed E-state index contributed by atoms with van der Waals surface area (Å²) in [6.45, 7) is 5.58. The highest BCUT2D eigenvalue weighted by molar-refractivity contribution is 5.87. The van der Waals surface area contributed by atoms with Crippen molar-refractivity contribution < 1.29 is 4.74 Å². The maximum absolute atomic E-state index is 5.29. The fraction of sp³-hybridized carbons (Fsp3) is 0.467. The van der Waals surface area contributed by atoms with Gasteiger partial charge in [0.05, 0.1) is 7.11 Å². The third kappa shape index (κ3) is 1.62. The van der Waals surface area contributed by atoms with Gasteiger partial charge in [-0.3, -0.25) is 0 Å². The number of fused-ring (bicyclic) bond motifs is 1. The zero-order valence-electron chi connectivity index (χ0n) is 11.3. The Morgan fingerprint density at radius 2 is 2.17 bits per heavy atom. The van der Waals surface area contributed by atoms with Crippen molar-refractivity contribution in [1.82, 2.24) is 10.3 Å². The second kappa shape index (κ2) is 4.02. The molecule has 1 saturated heterocycles. The van der Waals surface area contributed by atoms with Crippen molar-refractivity contribution in [2.24, 2.45) is 0 Å². The standard InChI is InChI=1S/C15H20N2O/c1-10-14(15(2)7-4-8-16-15)12-6-5-11(18-3)9-13(12)17-10/h5-6,9,16-17H,4,7-8H2,1-3H3. The number of ether oxygens (including phenoxy) is 1. The molecule has 18 heavy (non-hydrogen) atoms. The van der Waals surface area contributed by atoms with E-state index in [9.17, 15) is 0 Å². The molecule has 0 spiro atoms. The lowest BCUT2D eigenvalue weighted by atomic mass is 9.88. The van der Waals surface area contributed by atoms with E-state index < -0.39 is 0 Å². The molecule has 2 N–H and O–H groups in total. The number of benzene rings is 1. The minimum Gasteiger partial charge on any atom is -0.497 e. The van der Waals surface area contributed by atoms with Crippen LogP contribution in [0.2, 0.25) is 0 Å². The van der Waals surface area contributed by atoms with Crippen LogP contribution in [0.4, 0.5) is 0 Å². The summed E-state index contributed by atoms with van der Waals surface area (Å²) in [4.78, 5) is 3.48. The number of hydrogen-bond donors (Lipinski definition) is 2. The smallest absolute Gasteiger partial charge is 0.120 e. The molecule has 3 heteroatoms. The zero-order chi connectivity index (χ0) is 12.8. The Morgan fingerprint density at radius 3 is 2.83 bits per heavy atom. The normalized spacial score (nSPS) is 23.7. The predicted molar refractivity (Wildman–Crippen MR) is 74.2 cm³/mol. The van der Waals surface area contributed by atoms with Crippen LogP contribution < -0.4 is 10.1 Å². The first-order chi connectivity index (χ1) is 8.64. The van der Waals surface area contributed by atoms with Crippen molar-refractivity contribution >= 4 is 10.9 Å². The maximum atomic E-state index is 5.29. The van der Waals surface area contributed by atoms with Crippen molar-refractivity contribution in [2.45, 2.75) is 32.2 Å². The molecule has 1 atom stereocenters. The highest BCUT2D eigenvalue weighted by atomic mass is 16.5. The van der Waals surface area contributed by atoms with Gasteiger partial charge in [-0.2, -0.15) is 0 Å². The summed E-state index contributed by atoms with van der Waals surface area (Å²) in [5.41, 5.74) is 3.95. The largest absolute Gasteiger partial charge is 0.497 e. The van der Waals surface area contributed by atoms with Gasteiger partial charge in [-0.1, -0.05) is 0 Å². The van der Waals surface area contributed by atoms with Gasteiger partial charge in [0.2, 0.25) is 0 Å². The number of methoxy groups -OCH3 is 1. The summed E-state index contributed by atoms with van der Waals surface area (Å²) in [5.74, 6) is 0.903. The van der Waals surface area contributed by atoms with E-state index in [0.717, 1.165) is 17.8 Å². The number of H-pyrrole nitrogens is 1. The summed E-state index contributed by atoms with van der Waals surface area (Å²) < 4.78 is 5.29. The molecule has 96 valence electrons. The van der Waals surface area contributed by atoms with E-state index in [-0.39, 0.29) is 5.54 Å². The van der Waals surface area contributed by atoms with Crippen LogP contribution in [0.15, 0.2) is 18.2 Å². The summed E-state index contributed by atoms with van der Waals surface area (Å²) in [6, 6.07) is 6.28. The quantitative estimate of drug-likeness (QED) is 0.851. The number of aromatic amines is 1. The minimum atomic E-state index is 0.108. The van der Waals surface area contributed by atoms with Crippen molar-refractivity contribution in [3.8, 4) is 5.75 Å². The van der Waals surface area contributed by atoms with Gasteiger partial charge in [-0.25, -0.2) is 0 Å². The first-order valence-electron chi connectivity index (χ1n) is 6.56. The summed E-state index contributed by atoms with van der Waals surface area (Å²) >= 11 is 0. The van der Waals surface area contributed by atoms with Crippen molar-refractivity contribution in [1.29, 1.82) is 0 Å². The van der Waals surface area contributed by atoms with Gasteiger partial charge in [-0.05, 0) is 45.4 Å². The average molecular weight is 244 g/mol. The van der Waals surface area contributed by atoms with Crippen molar-refractivity contribution in [2.75, 3.05) is 13.7 Å². The highest BCUT2D eigenvalue weighted by Gasteiger charge is 2.33. The predicted octanol–water partition coefficient (Wildman–Crippen LogP) is 3.08. The number of rotatable bonds is 2. The van der Waals surface area contributed by atoms with E-state index in [2.05, 4.69) is 36.3 Å².